The molecule has 54 valence electrons. The molecule has 5 nitrogen and oxygen atoms in total. The molecule has 0 saturated heterocycles. The maximum atomic E-state index is 10.3. The molecule has 0 unspecified atom stereocenters. The summed E-state index contributed by atoms with van der Waals surface area (Å²) in [5, 5.41) is 10.3. The predicted octanol–water partition coefficient (Wildman–Crippen LogP) is -0.242. The molecule has 1 heterocycles. The van der Waals surface area contributed by atoms with Gasteiger partial charge < -0.3 is 10.1 Å². The van der Waals surface area contributed by atoms with Crippen LogP contribution in [0.1, 0.15) is 0 Å². The van der Waals surface area contributed by atoms with Crippen molar-refractivity contribution >= 4 is 5.95 Å². The fraction of sp³-hybridized carbons (Fsp3) is 0.400. The Hall–Kier alpha value is -1.39. The number of rotatable bonds is 1. The van der Waals surface area contributed by atoms with Gasteiger partial charge in [-0.05, 0) is 0 Å². The predicted molar refractivity (Wildman–Crippen MR) is 33.2 cm³/mol. The lowest BCUT2D eigenvalue weighted by atomic mass is 10.9. The van der Waals surface area contributed by atoms with E-state index >= 15 is 0 Å². The second-order valence-electron chi connectivity index (χ2n) is 2.08. The highest BCUT2D eigenvalue weighted by atomic mass is 16.6. The van der Waals surface area contributed by atoms with E-state index in [2.05, 4.69) is 0 Å². The standard InChI is InChI=1S/C5H8N3O2/c1-6-3-4-7(2)5(6)8(9)10/h3-4H,1-2H3/q+1. The highest BCUT2D eigenvalue weighted by molar-refractivity contribution is 4.94. The third-order valence-corrected chi connectivity index (χ3v) is 1.31. The van der Waals surface area contributed by atoms with Crippen LogP contribution in [0.2, 0.25) is 0 Å². The molecule has 10 heavy (non-hydrogen) atoms. The van der Waals surface area contributed by atoms with Crippen LogP contribution < -0.4 is 4.57 Å². The van der Waals surface area contributed by atoms with E-state index in [-0.39, 0.29) is 5.95 Å². The first-order chi connectivity index (χ1) is 4.63. The first-order valence-electron chi connectivity index (χ1n) is 2.78. The molecule has 0 amide bonds. The minimum atomic E-state index is -0.417. The third-order valence-electron chi connectivity index (χ3n) is 1.31. The summed E-state index contributed by atoms with van der Waals surface area (Å²) in [4.78, 5) is 9.85. The van der Waals surface area contributed by atoms with E-state index in [0.717, 1.165) is 0 Å². The van der Waals surface area contributed by atoms with Crippen LogP contribution in [0.3, 0.4) is 0 Å². The Morgan fingerprint density at radius 3 is 2.60 bits per heavy atom. The molecule has 0 spiro atoms. The zero-order valence-corrected chi connectivity index (χ0v) is 5.81. The minimum absolute atomic E-state index is 0.0833. The van der Waals surface area contributed by atoms with Crippen molar-refractivity contribution in [3.8, 4) is 0 Å². The number of aryl methyl sites for hydroxylation is 2. The number of aromatic nitrogens is 2. The summed E-state index contributed by atoms with van der Waals surface area (Å²) in [5.74, 6) is 0.0833. The molecule has 5 heteroatoms. The fourth-order valence-electron chi connectivity index (χ4n) is 0.840. The molecule has 0 fully saturated rings. The molecule has 1 rings (SSSR count). The minimum Gasteiger partial charge on any atom is -0.320 e. The Bertz CT molecular complexity index is 246. The second kappa shape index (κ2) is 2.09. The molecule has 0 aliphatic carbocycles. The maximum Gasteiger partial charge on any atom is 0.579 e. The van der Waals surface area contributed by atoms with Crippen LogP contribution in [0.25, 0.3) is 0 Å². The van der Waals surface area contributed by atoms with Crippen LogP contribution in [0.4, 0.5) is 5.95 Å². The summed E-state index contributed by atoms with van der Waals surface area (Å²) in [6.07, 6.45) is 3.27. The van der Waals surface area contributed by atoms with Crippen LogP contribution >= 0.6 is 0 Å². The number of nitro groups is 1. The van der Waals surface area contributed by atoms with E-state index in [1.165, 1.54) is 9.13 Å². The van der Waals surface area contributed by atoms with Crippen LogP contribution in [0.5, 0.6) is 0 Å². The van der Waals surface area contributed by atoms with E-state index in [1.807, 2.05) is 0 Å². The van der Waals surface area contributed by atoms with E-state index in [1.54, 1.807) is 26.5 Å². The lowest BCUT2D eigenvalue weighted by Crippen LogP contribution is -2.29. The first kappa shape index (κ1) is 6.73. The largest absolute Gasteiger partial charge is 0.579 e. The Balaban J connectivity index is 3.23. The Kier molecular flexibility index (Phi) is 1.41. The Labute approximate surface area is 57.7 Å². The lowest BCUT2D eigenvalue weighted by Gasteiger charge is -1.86. The lowest BCUT2D eigenvalue weighted by molar-refractivity contribution is -0.716. The van der Waals surface area contributed by atoms with Crippen molar-refractivity contribution in [1.82, 2.24) is 4.57 Å². The van der Waals surface area contributed by atoms with E-state index in [4.69, 9.17) is 0 Å². The smallest absolute Gasteiger partial charge is 0.320 e. The van der Waals surface area contributed by atoms with Gasteiger partial charge in [-0.25, -0.2) is 0 Å². The highest BCUT2D eigenvalue weighted by Gasteiger charge is 2.22. The Morgan fingerprint density at radius 2 is 2.40 bits per heavy atom. The molecular weight excluding hydrogens is 134 g/mol. The van der Waals surface area contributed by atoms with Gasteiger partial charge >= 0.3 is 5.95 Å². The first-order valence-corrected chi connectivity index (χ1v) is 2.78. The normalized spacial score (nSPS) is 9.80. The van der Waals surface area contributed by atoms with Crippen molar-refractivity contribution in [3.63, 3.8) is 0 Å². The number of nitrogens with zero attached hydrogens (tertiary/aromatic N) is 3. The van der Waals surface area contributed by atoms with Crippen molar-refractivity contribution in [2.75, 3.05) is 0 Å². The third kappa shape index (κ3) is 0.854. The van der Waals surface area contributed by atoms with E-state index in [9.17, 15) is 10.1 Å². The van der Waals surface area contributed by atoms with Gasteiger partial charge in [0.05, 0.1) is 4.92 Å². The monoisotopic (exact) mass is 142 g/mol. The van der Waals surface area contributed by atoms with Crippen LogP contribution in [-0.2, 0) is 14.1 Å². The molecule has 0 saturated carbocycles. The van der Waals surface area contributed by atoms with Gasteiger partial charge in [0.15, 0.2) is 12.4 Å². The summed E-state index contributed by atoms with van der Waals surface area (Å²) in [5.41, 5.74) is 0. The SMILES string of the molecule is Cn1cc[n+](C)c1[N+](=O)[O-]. The number of imidazole rings is 1. The summed E-state index contributed by atoms with van der Waals surface area (Å²) in [7, 11) is 3.27. The van der Waals surface area contributed by atoms with Crippen molar-refractivity contribution in [1.29, 1.82) is 0 Å². The summed E-state index contributed by atoms with van der Waals surface area (Å²) >= 11 is 0. The van der Waals surface area contributed by atoms with Crippen LogP contribution in [-0.4, -0.2) is 9.49 Å². The van der Waals surface area contributed by atoms with Crippen molar-refractivity contribution in [2.24, 2.45) is 14.1 Å². The van der Waals surface area contributed by atoms with Crippen molar-refractivity contribution in [2.45, 2.75) is 0 Å². The topological polar surface area (TPSA) is 52.0 Å². The van der Waals surface area contributed by atoms with E-state index in [0.29, 0.717) is 0 Å². The second-order valence-corrected chi connectivity index (χ2v) is 2.08. The van der Waals surface area contributed by atoms with Crippen molar-refractivity contribution < 1.29 is 9.49 Å². The van der Waals surface area contributed by atoms with Gasteiger partial charge in [-0.3, -0.25) is 0 Å². The average molecular weight is 142 g/mol. The molecular formula is C5H8N3O2+. The molecule has 0 aliphatic rings. The molecule has 0 aromatic carbocycles. The fourth-order valence-corrected chi connectivity index (χ4v) is 0.840. The van der Waals surface area contributed by atoms with Gasteiger partial charge in [-0.1, -0.05) is 0 Å². The molecule has 0 N–H and O–H groups in total. The number of hydrogen-bond donors (Lipinski definition) is 0. The van der Waals surface area contributed by atoms with Gasteiger partial charge in [0.2, 0.25) is 0 Å². The van der Waals surface area contributed by atoms with Crippen molar-refractivity contribution in [3.05, 3.63) is 22.5 Å². The zero-order valence-electron chi connectivity index (χ0n) is 5.81. The van der Waals surface area contributed by atoms with Gasteiger partial charge in [0.1, 0.15) is 14.1 Å². The summed E-state index contributed by atoms with van der Waals surface area (Å²) < 4.78 is 2.92. The maximum absolute atomic E-state index is 10.3. The number of hydrogen-bond acceptors (Lipinski definition) is 2. The molecule has 0 aliphatic heterocycles. The van der Waals surface area contributed by atoms with E-state index < -0.39 is 4.92 Å². The molecule has 0 atom stereocenters. The van der Waals surface area contributed by atoms with Gasteiger partial charge in [0, 0.05) is 0 Å². The summed E-state index contributed by atoms with van der Waals surface area (Å²) in [6, 6.07) is 0. The molecule has 0 radical (unpaired) electrons. The van der Waals surface area contributed by atoms with Crippen LogP contribution in [0, 0.1) is 10.1 Å². The van der Waals surface area contributed by atoms with Gasteiger partial charge in [0.25, 0.3) is 0 Å². The van der Waals surface area contributed by atoms with Gasteiger partial charge in [-0.15, -0.1) is 0 Å². The average Bonchev–Trinajstić information content (AvgIpc) is 2.11. The molecule has 1 aromatic heterocycles. The van der Waals surface area contributed by atoms with Crippen LogP contribution in [0.15, 0.2) is 12.4 Å². The molecule has 1 aromatic rings. The summed E-state index contributed by atoms with van der Waals surface area (Å²) in [6.45, 7) is 0. The Morgan fingerprint density at radius 1 is 1.80 bits per heavy atom. The quantitative estimate of drug-likeness (QED) is 0.308. The highest BCUT2D eigenvalue weighted by Crippen LogP contribution is 1.99. The van der Waals surface area contributed by atoms with Gasteiger partial charge in [-0.2, -0.15) is 9.13 Å². The molecule has 0 bridgehead atoms. The zero-order chi connectivity index (χ0) is 7.72.